The van der Waals surface area contributed by atoms with E-state index in [1.165, 1.54) is 12.8 Å². The van der Waals surface area contributed by atoms with Crippen LogP contribution < -0.4 is 10.6 Å². The average molecular weight is 341 g/mol. The molecule has 0 atom stereocenters. The number of nitrogens with zero attached hydrogens (tertiary/aromatic N) is 3. The Hall–Kier alpha value is -2.34. The van der Waals surface area contributed by atoms with E-state index in [1.807, 2.05) is 47.3 Å². The molecule has 1 aromatic heterocycles. The van der Waals surface area contributed by atoms with Crippen LogP contribution in [0.25, 0.3) is 5.69 Å². The predicted molar refractivity (Wildman–Crippen MR) is 99.9 cm³/mol. The molecule has 1 fully saturated rings. The molecule has 0 spiro atoms. The molecule has 1 heterocycles. The van der Waals surface area contributed by atoms with Crippen LogP contribution in [0.3, 0.4) is 0 Å². The van der Waals surface area contributed by atoms with Crippen LogP contribution in [0.15, 0.2) is 47.6 Å². The monoisotopic (exact) mass is 341 g/mol. The van der Waals surface area contributed by atoms with Crippen molar-refractivity contribution in [2.45, 2.75) is 25.8 Å². The molecule has 0 aliphatic heterocycles. The summed E-state index contributed by atoms with van der Waals surface area (Å²) in [6.07, 6.45) is 5.64. The van der Waals surface area contributed by atoms with Gasteiger partial charge in [-0.15, -0.1) is 0 Å². The molecule has 1 saturated carbocycles. The number of aliphatic imine (C=N–C) groups is 1. The maximum absolute atomic E-state index is 5.63. The van der Waals surface area contributed by atoms with Crippen molar-refractivity contribution in [1.82, 2.24) is 20.4 Å². The van der Waals surface area contributed by atoms with Gasteiger partial charge in [-0.1, -0.05) is 18.2 Å². The molecular weight excluding hydrogens is 314 g/mol. The number of ether oxygens (including phenoxy) is 1. The molecule has 6 nitrogen and oxygen atoms in total. The van der Waals surface area contributed by atoms with E-state index in [1.54, 1.807) is 7.05 Å². The molecule has 0 amide bonds. The second kappa shape index (κ2) is 9.22. The lowest BCUT2D eigenvalue weighted by atomic mass is 10.3. The second-order valence-electron chi connectivity index (χ2n) is 6.31. The largest absolute Gasteiger partial charge is 0.381 e. The van der Waals surface area contributed by atoms with E-state index in [4.69, 9.17) is 4.74 Å². The van der Waals surface area contributed by atoms with Gasteiger partial charge in [-0.2, -0.15) is 5.10 Å². The lowest BCUT2D eigenvalue weighted by molar-refractivity contribution is 0.123. The van der Waals surface area contributed by atoms with E-state index in [-0.39, 0.29) is 0 Å². The number of guanidine groups is 1. The van der Waals surface area contributed by atoms with Crippen molar-refractivity contribution in [3.05, 3.63) is 48.3 Å². The number of nitrogens with one attached hydrogen (secondary N) is 2. The van der Waals surface area contributed by atoms with Crippen LogP contribution in [0, 0.1) is 5.92 Å². The molecule has 0 saturated heterocycles. The fourth-order valence-electron chi connectivity index (χ4n) is 2.49. The van der Waals surface area contributed by atoms with E-state index < -0.39 is 0 Å². The summed E-state index contributed by atoms with van der Waals surface area (Å²) in [7, 11) is 1.78. The van der Waals surface area contributed by atoms with Gasteiger partial charge in [0.15, 0.2) is 5.96 Å². The van der Waals surface area contributed by atoms with Crippen molar-refractivity contribution in [1.29, 1.82) is 0 Å². The van der Waals surface area contributed by atoms with Crippen molar-refractivity contribution in [3.63, 3.8) is 0 Å². The first kappa shape index (κ1) is 17.5. The highest BCUT2D eigenvalue weighted by atomic mass is 16.5. The minimum atomic E-state index is 0.637. The van der Waals surface area contributed by atoms with E-state index in [0.29, 0.717) is 6.54 Å². The molecule has 0 radical (unpaired) electrons. The number of hydrogen-bond acceptors (Lipinski definition) is 3. The summed E-state index contributed by atoms with van der Waals surface area (Å²) < 4.78 is 7.51. The normalized spacial score (nSPS) is 14.5. The maximum atomic E-state index is 5.63. The van der Waals surface area contributed by atoms with Crippen LogP contribution >= 0.6 is 0 Å². The van der Waals surface area contributed by atoms with Gasteiger partial charge in [0.2, 0.25) is 0 Å². The fraction of sp³-hybridized carbons (Fsp3) is 0.474. The summed E-state index contributed by atoms with van der Waals surface area (Å²) in [6.45, 7) is 3.22. The molecule has 2 aromatic rings. The summed E-state index contributed by atoms with van der Waals surface area (Å²) in [4.78, 5) is 4.24. The highest BCUT2D eigenvalue weighted by Gasteiger charge is 2.20. The molecule has 6 heteroatoms. The number of rotatable bonds is 9. The molecule has 1 aliphatic rings. The maximum Gasteiger partial charge on any atom is 0.191 e. The van der Waals surface area contributed by atoms with Crippen molar-refractivity contribution in [2.75, 3.05) is 26.8 Å². The average Bonchev–Trinajstić information content (AvgIpc) is 3.36. The van der Waals surface area contributed by atoms with E-state index in [9.17, 15) is 0 Å². The summed E-state index contributed by atoms with van der Waals surface area (Å²) in [6, 6.07) is 12.1. The van der Waals surface area contributed by atoms with E-state index in [0.717, 1.165) is 49.4 Å². The molecular formula is C19H27N5O. The number of hydrogen-bond donors (Lipinski definition) is 2. The van der Waals surface area contributed by atoms with Crippen LogP contribution in [-0.4, -0.2) is 42.5 Å². The van der Waals surface area contributed by atoms with Gasteiger partial charge in [-0.25, -0.2) is 4.68 Å². The lowest BCUT2D eigenvalue weighted by Gasteiger charge is -2.11. The molecule has 134 valence electrons. The van der Waals surface area contributed by atoms with Gasteiger partial charge >= 0.3 is 0 Å². The molecule has 3 rings (SSSR count). The molecule has 0 unspecified atom stereocenters. The van der Waals surface area contributed by atoms with Gasteiger partial charge in [0.05, 0.1) is 17.9 Å². The van der Waals surface area contributed by atoms with Gasteiger partial charge < -0.3 is 15.4 Å². The Morgan fingerprint density at radius 3 is 2.84 bits per heavy atom. The van der Waals surface area contributed by atoms with Crippen molar-refractivity contribution < 1.29 is 4.74 Å². The van der Waals surface area contributed by atoms with Crippen LogP contribution in [0.1, 0.15) is 25.0 Å². The third kappa shape index (κ3) is 5.90. The van der Waals surface area contributed by atoms with E-state index in [2.05, 4.69) is 20.7 Å². The first-order valence-electron chi connectivity index (χ1n) is 8.97. The van der Waals surface area contributed by atoms with Crippen LogP contribution in [0.2, 0.25) is 0 Å². The Bertz CT molecular complexity index is 663. The predicted octanol–water partition coefficient (Wildman–Crippen LogP) is 2.35. The Balaban J connectivity index is 1.35. The zero-order chi connectivity index (χ0) is 17.3. The minimum absolute atomic E-state index is 0.637. The quantitative estimate of drug-likeness (QED) is 0.417. The highest BCUT2D eigenvalue weighted by molar-refractivity contribution is 5.79. The lowest BCUT2D eigenvalue weighted by Crippen LogP contribution is -2.37. The zero-order valence-electron chi connectivity index (χ0n) is 14.8. The fourth-order valence-corrected chi connectivity index (χ4v) is 2.49. The molecule has 2 N–H and O–H groups in total. The summed E-state index contributed by atoms with van der Waals surface area (Å²) in [5, 5.41) is 11.2. The third-order valence-electron chi connectivity index (χ3n) is 4.13. The van der Waals surface area contributed by atoms with Gasteiger partial charge in [0.25, 0.3) is 0 Å². The van der Waals surface area contributed by atoms with Gasteiger partial charge in [-0.05, 0) is 43.4 Å². The minimum Gasteiger partial charge on any atom is -0.381 e. The SMILES string of the molecule is CN=C(NCCCOCC1CC1)NCc1ccn(-c2ccccc2)n1. The van der Waals surface area contributed by atoms with Crippen molar-refractivity contribution >= 4 is 5.96 Å². The van der Waals surface area contributed by atoms with Gasteiger partial charge in [0, 0.05) is 33.0 Å². The Morgan fingerprint density at radius 1 is 1.24 bits per heavy atom. The molecule has 25 heavy (non-hydrogen) atoms. The number of para-hydroxylation sites is 1. The van der Waals surface area contributed by atoms with E-state index >= 15 is 0 Å². The molecule has 1 aromatic carbocycles. The Kier molecular flexibility index (Phi) is 6.45. The first-order chi connectivity index (χ1) is 12.3. The summed E-state index contributed by atoms with van der Waals surface area (Å²) in [5.74, 6) is 1.62. The Morgan fingerprint density at radius 2 is 2.08 bits per heavy atom. The molecule has 0 bridgehead atoms. The van der Waals surface area contributed by atoms with Crippen molar-refractivity contribution in [2.24, 2.45) is 10.9 Å². The van der Waals surface area contributed by atoms with Crippen LogP contribution in [0.5, 0.6) is 0 Å². The topological polar surface area (TPSA) is 63.5 Å². The van der Waals surface area contributed by atoms with Gasteiger partial charge in [0.1, 0.15) is 0 Å². The second-order valence-corrected chi connectivity index (χ2v) is 6.31. The highest BCUT2D eigenvalue weighted by Crippen LogP contribution is 2.28. The van der Waals surface area contributed by atoms with Crippen molar-refractivity contribution in [3.8, 4) is 5.69 Å². The molecule has 1 aliphatic carbocycles. The number of benzene rings is 1. The van der Waals surface area contributed by atoms with Crippen LogP contribution in [0.4, 0.5) is 0 Å². The standard InChI is InChI=1S/C19H27N5O/c1-20-19(21-11-5-13-25-15-16-8-9-16)22-14-17-10-12-24(23-17)18-6-3-2-4-7-18/h2-4,6-7,10,12,16H,5,8-9,11,13-15H2,1H3,(H2,20,21,22). The summed E-state index contributed by atoms with van der Waals surface area (Å²) >= 11 is 0. The smallest absolute Gasteiger partial charge is 0.191 e. The third-order valence-corrected chi connectivity index (χ3v) is 4.13. The first-order valence-corrected chi connectivity index (χ1v) is 8.97. The Labute approximate surface area is 149 Å². The number of aromatic nitrogens is 2. The van der Waals surface area contributed by atoms with Gasteiger partial charge in [-0.3, -0.25) is 4.99 Å². The summed E-state index contributed by atoms with van der Waals surface area (Å²) in [5.41, 5.74) is 2.03. The zero-order valence-corrected chi connectivity index (χ0v) is 14.8. The van der Waals surface area contributed by atoms with Crippen LogP contribution in [-0.2, 0) is 11.3 Å².